The van der Waals surface area contributed by atoms with E-state index >= 15 is 0 Å². The Bertz CT molecular complexity index is 662. The van der Waals surface area contributed by atoms with E-state index < -0.39 is 0 Å². The molecule has 2 aromatic heterocycles. The maximum atomic E-state index is 12.7. The largest absolute Gasteiger partial charge is 0.393 e. The van der Waals surface area contributed by atoms with Crippen molar-refractivity contribution < 1.29 is 4.79 Å². The average Bonchev–Trinajstić information content (AvgIpc) is 3.17. The third-order valence-corrected chi connectivity index (χ3v) is 3.71. The van der Waals surface area contributed by atoms with Gasteiger partial charge in [-0.3, -0.25) is 4.79 Å². The van der Waals surface area contributed by atoms with Crippen LogP contribution in [-0.4, -0.2) is 38.0 Å². The molecule has 0 spiro atoms. The summed E-state index contributed by atoms with van der Waals surface area (Å²) in [6.45, 7) is 0.586. The van der Waals surface area contributed by atoms with Gasteiger partial charge >= 0.3 is 0 Å². The van der Waals surface area contributed by atoms with Gasteiger partial charge in [0.2, 0.25) is 0 Å². The molecule has 1 aliphatic carbocycles. The first kappa shape index (κ1) is 13.1. The summed E-state index contributed by atoms with van der Waals surface area (Å²) in [5.41, 5.74) is 7.02. The summed E-state index contributed by atoms with van der Waals surface area (Å²) in [5.74, 6) is 0.0185. The number of hydrogen-bond acceptors (Lipinski definition) is 3. The van der Waals surface area contributed by atoms with Crippen molar-refractivity contribution in [1.82, 2.24) is 14.5 Å². The third kappa shape index (κ3) is 2.51. The van der Waals surface area contributed by atoms with Gasteiger partial charge in [0, 0.05) is 25.2 Å². The Labute approximate surface area is 122 Å². The minimum Gasteiger partial charge on any atom is -0.393 e. The summed E-state index contributed by atoms with van der Waals surface area (Å²) in [4.78, 5) is 15.0. The zero-order valence-electron chi connectivity index (χ0n) is 11.0. The first-order valence-corrected chi connectivity index (χ1v) is 7.09. The van der Waals surface area contributed by atoms with E-state index in [0.717, 1.165) is 18.4 Å². The maximum absolute atomic E-state index is 12.7. The maximum Gasteiger partial charge on any atom is 0.257 e. The molecule has 1 saturated carbocycles. The van der Waals surface area contributed by atoms with Crippen LogP contribution >= 0.6 is 12.2 Å². The standard InChI is InChI=1S/C14H16N4OS/c15-13(20)6-8-17(10-4-5-10)14(19)11-9-16-18-7-2-1-3-12(11)18/h1-3,7,9-10H,4-6,8H2,(H2,15,20). The van der Waals surface area contributed by atoms with Gasteiger partial charge in [0.25, 0.3) is 5.91 Å². The van der Waals surface area contributed by atoms with Gasteiger partial charge in [-0.05, 0) is 25.0 Å². The second-order valence-corrected chi connectivity index (χ2v) is 5.56. The van der Waals surface area contributed by atoms with E-state index in [4.69, 9.17) is 18.0 Å². The first-order chi connectivity index (χ1) is 9.66. The Kier molecular flexibility index (Phi) is 3.40. The van der Waals surface area contributed by atoms with Crippen molar-refractivity contribution in [2.24, 2.45) is 5.73 Å². The Morgan fingerprint density at radius 3 is 3.00 bits per heavy atom. The van der Waals surface area contributed by atoms with E-state index in [1.54, 1.807) is 10.7 Å². The second-order valence-electron chi connectivity index (χ2n) is 5.03. The molecular formula is C14H16N4OS. The van der Waals surface area contributed by atoms with Crippen molar-refractivity contribution >= 4 is 28.6 Å². The fraction of sp³-hybridized carbons (Fsp3) is 0.357. The van der Waals surface area contributed by atoms with Crippen LogP contribution in [0.4, 0.5) is 0 Å². The van der Waals surface area contributed by atoms with Gasteiger partial charge in [0.05, 0.1) is 22.3 Å². The minimum absolute atomic E-state index is 0.0185. The van der Waals surface area contributed by atoms with Crippen LogP contribution in [0.15, 0.2) is 30.6 Å². The van der Waals surface area contributed by atoms with E-state index in [9.17, 15) is 4.79 Å². The Morgan fingerprint density at radius 1 is 1.50 bits per heavy atom. The smallest absolute Gasteiger partial charge is 0.257 e. The lowest BCUT2D eigenvalue weighted by molar-refractivity contribution is 0.0750. The monoisotopic (exact) mass is 288 g/mol. The van der Waals surface area contributed by atoms with Gasteiger partial charge in [0.1, 0.15) is 0 Å². The highest BCUT2D eigenvalue weighted by molar-refractivity contribution is 7.80. The molecule has 0 unspecified atom stereocenters. The van der Waals surface area contributed by atoms with Crippen LogP contribution in [0.3, 0.4) is 0 Å². The van der Waals surface area contributed by atoms with Crippen molar-refractivity contribution in [1.29, 1.82) is 0 Å². The molecule has 0 bridgehead atoms. The molecule has 20 heavy (non-hydrogen) atoms. The Balaban J connectivity index is 1.87. The number of fused-ring (bicyclic) bond motifs is 1. The number of pyridine rings is 1. The quantitative estimate of drug-likeness (QED) is 0.849. The Hall–Kier alpha value is -1.95. The number of nitrogens with two attached hydrogens (primary N) is 1. The zero-order chi connectivity index (χ0) is 14.1. The first-order valence-electron chi connectivity index (χ1n) is 6.68. The molecule has 2 N–H and O–H groups in total. The van der Waals surface area contributed by atoms with E-state index in [2.05, 4.69) is 5.10 Å². The summed E-state index contributed by atoms with van der Waals surface area (Å²) >= 11 is 4.91. The molecule has 0 radical (unpaired) electrons. The van der Waals surface area contributed by atoms with Gasteiger partial charge in [-0.15, -0.1) is 0 Å². The molecule has 2 heterocycles. The highest BCUT2D eigenvalue weighted by atomic mass is 32.1. The van der Waals surface area contributed by atoms with Crippen LogP contribution in [-0.2, 0) is 0 Å². The number of amides is 1. The van der Waals surface area contributed by atoms with Crippen LogP contribution in [0.5, 0.6) is 0 Å². The van der Waals surface area contributed by atoms with Crippen LogP contribution < -0.4 is 5.73 Å². The average molecular weight is 288 g/mol. The molecule has 0 aromatic carbocycles. The van der Waals surface area contributed by atoms with Crippen molar-refractivity contribution in [3.8, 4) is 0 Å². The fourth-order valence-corrected chi connectivity index (χ4v) is 2.41. The highest BCUT2D eigenvalue weighted by Crippen LogP contribution is 2.29. The van der Waals surface area contributed by atoms with Crippen LogP contribution in [0.25, 0.3) is 5.52 Å². The number of carbonyl (C=O) groups is 1. The molecule has 2 aromatic rings. The van der Waals surface area contributed by atoms with Crippen molar-refractivity contribution in [3.05, 3.63) is 36.2 Å². The SMILES string of the molecule is NC(=S)CCN(C(=O)c1cnn2ccccc12)C1CC1. The molecule has 0 atom stereocenters. The van der Waals surface area contributed by atoms with Gasteiger partial charge in [-0.25, -0.2) is 4.52 Å². The lowest BCUT2D eigenvalue weighted by atomic mass is 10.2. The topological polar surface area (TPSA) is 63.6 Å². The molecule has 0 saturated heterocycles. The zero-order valence-corrected chi connectivity index (χ0v) is 11.8. The molecule has 1 fully saturated rings. The number of hydrogen-bond donors (Lipinski definition) is 1. The van der Waals surface area contributed by atoms with Crippen molar-refractivity contribution in [2.45, 2.75) is 25.3 Å². The lowest BCUT2D eigenvalue weighted by Gasteiger charge is -2.21. The van der Waals surface area contributed by atoms with Gasteiger partial charge in [-0.1, -0.05) is 18.3 Å². The Morgan fingerprint density at radius 2 is 2.30 bits per heavy atom. The molecule has 0 aliphatic heterocycles. The normalized spacial score (nSPS) is 14.4. The van der Waals surface area contributed by atoms with E-state index in [0.29, 0.717) is 29.6 Å². The lowest BCUT2D eigenvalue weighted by Crippen LogP contribution is -2.35. The van der Waals surface area contributed by atoms with Gasteiger partial charge < -0.3 is 10.6 Å². The van der Waals surface area contributed by atoms with E-state index in [-0.39, 0.29) is 5.91 Å². The van der Waals surface area contributed by atoms with Crippen molar-refractivity contribution in [2.75, 3.05) is 6.54 Å². The minimum atomic E-state index is 0.0185. The number of rotatable bonds is 5. The fourth-order valence-electron chi connectivity index (χ4n) is 2.32. The molecular weight excluding hydrogens is 272 g/mol. The molecule has 3 rings (SSSR count). The predicted octanol–water partition coefficient (Wildman–Crippen LogP) is 1.62. The molecule has 5 nitrogen and oxygen atoms in total. The number of carbonyl (C=O) groups excluding carboxylic acids is 1. The number of thiocarbonyl (C=S) groups is 1. The summed E-state index contributed by atoms with van der Waals surface area (Å²) in [6, 6.07) is 6.03. The highest BCUT2D eigenvalue weighted by Gasteiger charge is 2.33. The molecule has 1 aliphatic rings. The predicted molar refractivity (Wildman–Crippen MR) is 80.7 cm³/mol. The van der Waals surface area contributed by atoms with Crippen LogP contribution in [0.1, 0.15) is 29.6 Å². The molecule has 6 heteroatoms. The number of aromatic nitrogens is 2. The summed E-state index contributed by atoms with van der Waals surface area (Å²) in [5, 5.41) is 4.22. The van der Waals surface area contributed by atoms with Crippen LogP contribution in [0.2, 0.25) is 0 Å². The van der Waals surface area contributed by atoms with Gasteiger partial charge in [0.15, 0.2) is 0 Å². The molecule has 1 amide bonds. The third-order valence-electron chi connectivity index (χ3n) is 3.50. The van der Waals surface area contributed by atoms with Crippen LogP contribution in [0, 0.1) is 0 Å². The summed E-state index contributed by atoms with van der Waals surface area (Å²) in [6.07, 6.45) is 6.15. The van der Waals surface area contributed by atoms with Gasteiger partial charge in [-0.2, -0.15) is 5.10 Å². The number of nitrogens with zero attached hydrogens (tertiary/aromatic N) is 3. The molecule has 104 valence electrons. The summed E-state index contributed by atoms with van der Waals surface area (Å²) < 4.78 is 1.71. The van der Waals surface area contributed by atoms with E-state index in [1.165, 1.54) is 0 Å². The van der Waals surface area contributed by atoms with Crippen molar-refractivity contribution in [3.63, 3.8) is 0 Å². The summed E-state index contributed by atoms with van der Waals surface area (Å²) in [7, 11) is 0. The van der Waals surface area contributed by atoms with E-state index in [1.807, 2.05) is 29.3 Å². The second kappa shape index (κ2) is 5.20.